The number of aromatic nitrogens is 8. The molecule has 26 heteroatoms. The van der Waals surface area contributed by atoms with Gasteiger partial charge in [0.2, 0.25) is 11.8 Å². The SMILES string of the molecule is NC(=NCC(F)(F)F)Nc1ccnc(CCCCCn2c(O)cnc2OC(=O)/C=C\C(=O)Oc2ncc(O)n2CCCCCc2nccc(NC(N)=NCC(F)(F)F)n2)n1. The van der Waals surface area contributed by atoms with Crippen LogP contribution in [0.25, 0.3) is 0 Å². The van der Waals surface area contributed by atoms with Crippen LogP contribution in [0.1, 0.15) is 50.2 Å². The van der Waals surface area contributed by atoms with E-state index >= 15 is 0 Å². The predicted octanol–water partition coefficient (Wildman–Crippen LogP) is 3.54. The van der Waals surface area contributed by atoms with Gasteiger partial charge in [0.1, 0.15) is 36.4 Å². The minimum Gasteiger partial charge on any atom is -0.493 e. The molecule has 0 aliphatic carbocycles. The van der Waals surface area contributed by atoms with Gasteiger partial charge in [-0.2, -0.15) is 36.3 Å². The molecule has 0 aromatic carbocycles. The summed E-state index contributed by atoms with van der Waals surface area (Å²) in [5.41, 5.74) is 11.0. The number of hydrogen-bond donors (Lipinski definition) is 6. The van der Waals surface area contributed by atoms with E-state index in [0.717, 1.165) is 24.5 Å². The number of rotatable bonds is 20. The first-order chi connectivity index (χ1) is 28.4. The fraction of sp³-hybridized carbons (Fsp3) is 0.412. The highest BCUT2D eigenvalue weighted by molar-refractivity contribution is 5.93. The Morgan fingerprint density at radius 3 is 1.45 bits per heavy atom. The zero-order valence-electron chi connectivity index (χ0n) is 31.5. The number of carbonyl (C=O) groups excluding carboxylic acids is 2. The van der Waals surface area contributed by atoms with Crippen LogP contribution in [-0.4, -0.2) is 98.6 Å². The second-order valence-corrected chi connectivity index (χ2v) is 12.5. The lowest BCUT2D eigenvalue weighted by molar-refractivity contribution is -0.132. The Labute approximate surface area is 336 Å². The number of alkyl halides is 6. The van der Waals surface area contributed by atoms with Gasteiger partial charge in [0.25, 0.3) is 0 Å². The molecule has 0 aliphatic heterocycles. The predicted molar refractivity (Wildman–Crippen MR) is 200 cm³/mol. The van der Waals surface area contributed by atoms with Gasteiger partial charge in [0, 0.05) is 50.5 Å². The quantitative estimate of drug-likeness (QED) is 0.0185. The molecule has 0 aliphatic rings. The van der Waals surface area contributed by atoms with E-state index in [0.29, 0.717) is 63.0 Å². The van der Waals surface area contributed by atoms with E-state index in [1.807, 2.05) is 0 Å². The number of imidazole rings is 2. The van der Waals surface area contributed by atoms with Crippen molar-refractivity contribution in [1.82, 2.24) is 39.0 Å². The molecule has 0 radical (unpaired) electrons. The first-order valence-electron chi connectivity index (χ1n) is 18.0. The topological polar surface area (TPSA) is 281 Å². The van der Waals surface area contributed by atoms with E-state index in [1.54, 1.807) is 0 Å². The number of esters is 2. The highest BCUT2D eigenvalue weighted by Gasteiger charge is 2.27. The summed E-state index contributed by atoms with van der Waals surface area (Å²) in [5.74, 6) is -2.32. The lowest BCUT2D eigenvalue weighted by Crippen LogP contribution is -2.26. The van der Waals surface area contributed by atoms with Gasteiger partial charge in [-0.15, -0.1) is 0 Å². The van der Waals surface area contributed by atoms with Gasteiger partial charge in [-0.05, 0) is 37.8 Å². The molecule has 0 saturated heterocycles. The molecule has 8 N–H and O–H groups in total. The second-order valence-electron chi connectivity index (χ2n) is 12.5. The Morgan fingerprint density at radius 2 is 1.07 bits per heavy atom. The number of aromatic hydroxyl groups is 2. The number of nitrogens with two attached hydrogens (primary N) is 2. The Bertz CT molecular complexity index is 1990. The molecule has 0 unspecified atom stereocenters. The third-order valence-corrected chi connectivity index (χ3v) is 7.68. The number of anilines is 2. The number of unbranched alkanes of at least 4 members (excludes halogenated alkanes) is 4. The maximum Gasteiger partial charge on any atom is 0.408 e. The van der Waals surface area contributed by atoms with Gasteiger partial charge in [0.15, 0.2) is 11.9 Å². The molecular formula is C34H40F6N14O6. The van der Waals surface area contributed by atoms with E-state index in [9.17, 15) is 46.1 Å². The Balaban J connectivity index is 1.17. The molecule has 20 nitrogen and oxygen atoms in total. The van der Waals surface area contributed by atoms with Crippen LogP contribution in [0.3, 0.4) is 0 Å². The van der Waals surface area contributed by atoms with Crippen molar-refractivity contribution in [3.63, 3.8) is 0 Å². The monoisotopic (exact) mass is 854 g/mol. The molecule has 4 aromatic heterocycles. The summed E-state index contributed by atoms with van der Waals surface area (Å²) in [6.07, 6.45) is 1.75. The number of halogens is 6. The lowest BCUT2D eigenvalue weighted by Gasteiger charge is -2.09. The zero-order chi connectivity index (χ0) is 43.7. The standard InChI is InChI=1S/C34H40F6N14O6/c35-33(36,37)19-47-29(41)51-23-11-13-43-21(49-23)7-3-1-5-15-53-25(55)17-45-31(53)59-27(57)9-10-28(58)60-32-46-18-26(56)54(32)16-6-2-4-8-22-44-14-12-24(50-22)52-30(42)48-20-34(38,39)40/h9-14,17-18,55-56H,1-8,15-16,19-20H2,(H3,41,43,47,49,51)(H3,42,44,48,50,52)/b10-9-. The van der Waals surface area contributed by atoms with Crippen LogP contribution in [0.15, 0.2) is 59.1 Å². The van der Waals surface area contributed by atoms with Gasteiger partial charge in [-0.3, -0.25) is 9.13 Å². The van der Waals surface area contributed by atoms with Crippen LogP contribution in [0.2, 0.25) is 0 Å². The number of nitrogens with zero attached hydrogens (tertiary/aromatic N) is 10. The fourth-order valence-electron chi connectivity index (χ4n) is 5.00. The number of carbonyl (C=O) groups is 2. The van der Waals surface area contributed by atoms with Gasteiger partial charge < -0.3 is 41.8 Å². The summed E-state index contributed by atoms with van der Waals surface area (Å²) in [5, 5.41) is 25.4. The van der Waals surface area contributed by atoms with Crippen molar-refractivity contribution in [3.05, 3.63) is 60.7 Å². The summed E-state index contributed by atoms with van der Waals surface area (Å²) in [7, 11) is 0. The molecule has 0 fully saturated rings. The van der Waals surface area contributed by atoms with Crippen LogP contribution < -0.4 is 31.6 Å². The van der Waals surface area contributed by atoms with Crippen molar-refractivity contribution >= 4 is 35.5 Å². The zero-order valence-corrected chi connectivity index (χ0v) is 31.5. The highest BCUT2D eigenvalue weighted by atomic mass is 19.4. The molecule has 0 spiro atoms. The van der Waals surface area contributed by atoms with Crippen molar-refractivity contribution in [2.45, 2.75) is 76.8 Å². The number of ether oxygens (including phenoxy) is 2. The molecule has 4 heterocycles. The summed E-state index contributed by atoms with van der Waals surface area (Å²) in [6.45, 7) is -2.48. The van der Waals surface area contributed by atoms with Crippen molar-refractivity contribution in [1.29, 1.82) is 0 Å². The van der Waals surface area contributed by atoms with Crippen molar-refractivity contribution in [3.8, 4) is 23.8 Å². The van der Waals surface area contributed by atoms with Crippen molar-refractivity contribution in [2.24, 2.45) is 21.5 Å². The smallest absolute Gasteiger partial charge is 0.408 e. The van der Waals surface area contributed by atoms with Crippen LogP contribution in [0, 0.1) is 0 Å². The summed E-state index contributed by atoms with van der Waals surface area (Å²) in [6, 6.07) is 2.37. The van der Waals surface area contributed by atoms with Crippen molar-refractivity contribution in [2.75, 3.05) is 23.7 Å². The van der Waals surface area contributed by atoms with Gasteiger partial charge in [0.05, 0.1) is 12.4 Å². The molecule has 324 valence electrons. The number of aryl methyl sites for hydroxylation is 2. The lowest BCUT2D eigenvalue weighted by atomic mass is 10.2. The molecular weight excluding hydrogens is 814 g/mol. The normalized spacial score (nSPS) is 12.5. The number of guanidine groups is 2. The third kappa shape index (κ3) is 16.5. The molecule has 0 saturated carbocycles. The average Bonchev–Trinajstić information content (AvgIpc) is 3.70. The van der Waals surface area contributed by atoms with Gasteiger partial charge in [-0.25, -0.2) is 39.5 Å². The third-order valence-electron chi connectivity index (χ3n) is 7.68. The van der Waals surface area contributed by atoms with Gasteiger partial charge >= 0.3 is 36.3 Å². The fourth-order valence-corrected chi connectivity index (χ4v) is 5.00. The van der Waals surface area contributed by atoms with E-state index in [4.69, 9.17) is 20.9 Å². The highest BCUT2D eigenvalue weighted by Crippen LogP contribution is 2.22. The van der Waals surface area contributed by atoms with Crippen LogP contribution in [0.4, 0.5) is 38.0 Å². The summed E-state index contributed by atoms with van der Waals surface area (Å²) in [4.78, 5) is 55.8. The maximum atomic E-state index is 12.5. The Hall–Kier alpha value is -7.02. The molecule has 0 atom stereocenters. The first-order valence-corrected chi connectivity index (χ1v) is 18.0. The van der Waals surface area contributed by atoms with Crippen LogP contribution in [-0.2, 0) is 35.5 Å². The molecule has 0 bridgehead atoms. The average molecular weight is 855 g/mol. The summed E-state index contributed by atoms with van der Waals surface area (Å²) >= 11 is 0. The van der Waals surface area contributed by atoms with Crippen LogP contribution >= 0.6 is 0 Å². The Kier molecular flexibility index (Phi) is 16.5. The number of hydrogen-bond acceptors (Lipinski definition) is 14. The maximum absolute atomic E-state index is 12.5. The molecule has 4 rings (SSSR count). The Morgan fingerprint density at radius 1 is 0.667 bits per heavy atom. The molecule has 4 aromatic rings. The first kappa shape index (κ1) is 45.7. The van der Waals surface area contributed by atoms with Gasteiger partial charge in [-0.1, -0.05) is 12.8 Å². The summed E-state index contributed by atoms with van der Waals surface area (Å²) < 4.78 is 87.0. The van der Waals surface area contributed by atoms with E-state index in [2.05, 4.69) is 50.5 Å². The van der Waals surface area contributed by atoms with Crippen LogP contribution in [0.5, 0.6) is 23.8 Å². The number of nitrogens with one attached hydrogen (secondary N) is 2. The largest absolute Gasteiger partial charge is 0.493 e. The van der Waals surface area contributed by atoms with Crippen molar-refractivity contribution < 1.29 is 55.6 Å². The minimum atomic E-state index is -4.50. The van der Waals surface area contributed by atoms with E-state index in [1.165, 1.54) is 33.7 Å². The van der Waals surface area contributed by atoms with E-state index < -0.39 is 49.3 Å². The number of aliphatic imine (C=N–C) groups is 2. The minimum absolute atomic E-state index is 0.175. The molecule has 0 amide bonds. The van der Waals surface area contributed by atoms with E-state index in [-0.39, 0.29) is 48.5 Å². The second kappa shape index (κ2) is 21.7. The molecule has 60 heavy (non-hydrogen) atoms.